The van der Waals surface area contributed by atoms with Crippen LogP contribution in [0.25, 0.3) is 0 Å². The van der Waals surface area contributed by atoms with Crippen molar-refractivity contribution in [2.45, 2.75) is 25.3 Å². The molecule has 0 bridgehead atoms. The summed E-state index contributed by atoms with van der Waals surface area (Å²) in [6, 6.07) is 15.6. The van der Waals surface area contributed by atoms with E-state index >= 15 is 0 Å². The molecule has 0 spiro atoms. The molecule has 1 aliphatic rings. The van der Waals surface area contributed by atoms with Gasteiger partial charge in [-0.1, -0.05) is 42.5 Å². The molecular weight excluding hydrogens is 381 g/mol. The minimum atomic E-state index is -3.68. The summed E-state index contributed by atoms with van der Waals surface area (Å²) < 4.78 is 41.3. The zero-order valence-corrected chi connectivity index (χ0v) is 16.7. The predicted octanol–water partition coefficient (Wildman–Crippen LogP) is 3.50. The lowest BCUT2D eigenvalue weighted by molar-refractivity contribution is -0.143. The van der Waals surface area contributed by atoms with Gasteiger partial charge in [0, 0.05) is 6.54 Å². The van der Waals surface area contributed by atoms with Gasteiger partial charge in [-0.05, 0) is 42.5 Å². The Morgan fingerprint density at radius 3 is 2.39 bits per heavy atom. The summed E-state index contributed by atoms with van der Waals surface area (Å²) in [5.74, 6) is -1.39. The number of likely N-dealkylation sites (tertiary alicyclic amines) is 1. The molecule has 1 fully saturated rings. The van der Waals surface area contributed by atoms with Crippen LogP contribution in [0.4, 0.5) is 4.39 Å². The molecule has 1 saturated heterocycles. The molecule has 3 rings (SSSR count). The van der Waals surface area contributed by atoms with Crippen LogP contribution in [0.1, 0.15) is 36.4 Å². The Labute approximate surface area is 165 Å². The minimum absolute atomic E-state index is 0.136. The third kappa shape index (κ3) is 4.77. The molecule has 5 nitrogen and oxygen atoms in total. The number of benzene rings is 2. The molecule has 28 heavy (non-hydrogen) atoms. The van der Waals surface area contributed by atoms with Crippen molar-refractivity contribution in [2.75, 3.05) is 19.4 Å². The van der Waals surface area contributed by atoms with E-state index in [0.717, 1.165) is 17.4 Å². The van der Waals surface area contributed by atoms with E-state index in [0.29, 0.717) is 13.0 Å². The number of amides is 1. The summed E-state index contributed by atoms with van der Waals surface area (Å²) >= 11 is 0. The smallest absolute Gasteiger partial charge is 0.264 e. The molecule has 7 heteroatoms. The number of hydrogen-bond donors (Lipinski definition) is 0. The van der Waals surface area contributed by atoms with Crippen molar-refractivity contribution in [3.05, 3.63) is 71.5 Å². The number of nitrogens with zero attached hydrogens (tertiary/aromatic N) is 1. The normalized spacial score (nSPS) is 21.5. The van der Waals surface area contributed by atoms with Gasteiger partial charge in [-0.2, -0.15) is 8.42 Å². The van der Waals surface area contributed by atoms with E-state index in [9.17, 15) is 17.6 Å². The number of carbonyl (C=O) groups is 1. The molecule has 3 atom stereocenters. The van der Waals surface area contributed by atoms with Crippen molar-refractivity contribution in [3.8, 4) is 0 Å². The van der Waals surface area contributed by atoms with Gasteiger partial charge in [0.2, 0.25) is 5.91 Å². The molecule has 0 unspecified atom stereocenters. The first kappa shape index (κ1) is 20.5. The molecule has 0 saturated carbocycles. The Hall–Kier alpha value is -2.25. The Morgan fingerprint density at radius 2 is 1.79 bits per heavy atom. The Bertz CT molecular complexity index is 915. The van der Waals surface area contributed by atoms with Crippen LogP contribution in [0.2, 0.25) is 0 Å². The Morgan fingerprint density at radius 1 is 1.14 bits per heavy atom. The molecule has 1 heterocycles. The highest BCUT2D eigenvalue weighted by atomic mass is 32.2. The van der Waals surface area contributed by atoms with E-state index in [1.165, 1.54) is 12.1 Å². The molecule has 150 valence electrons. The second kappa shape index (κ2) is 8.41. The van der Waals surface area contributed by atoms with Gasteiger partial charge in [0.25, 0.3) is 10.1 Å². The average Bonchev–Trinajstić information content (AvgIpc) is 2.67. The fourth-order valence-corrected chi connectivity index (χ4v) is 4.16. The van der Waals surface area contributed by atoms with Gasteiger partial charge in [0.1, 0.15) is 5.82 Å². The third-order valence-electron chi connectivity index (χ3n) is 5.28. The second-order valence-electron chi connectivity index (χ2n) is 7.16. The van der Waals surface area contributed by atoms with Crippen LogP contribution >= 0.6 is 0 Å². The molecule has 0 N–H and O–H groups in total. The fraction of sp³-hybridized carbons (Fsp3) is 0.381. The number of piperidine rings is 1. The van der Waals surface area contributed by atoms with E-state index in [-0.39, 0.29) is 30.3 Å². The lowest BCUT2D eigenvalue weighted by Crippen LogP contribution is -2.47. The first-order valence-electron chi connectivity index (χ1n) is 9.21. The molecule has 2 aromatic carbocycles. The highest BCUT2D eigenvalue weighted by Crippen LogP contribution is 2.37. The predicted molar refractivity (Wildman–Crippen MR) is 105 cm³/mol. The molecule has 1 amide bonds. The van der Waals surface area contributed by atoms with E-state index in [4.69, 9.17) is 4.18 Å². The van der Waals surface area contributed by atoms with E-state index in [1.54, 1.807) is 17.0 Å². The van der Waals surface area contributed by atoms with Crippen molar-refractivity contribution >= 4 is 16.0 Å². The van der Waals surface area contributed by atoms with Crippen molar-refractivity contribution in [2.24, 2.45) is 5.92 Å². The summed E-state index contributed by atoms with van der Waals surface area (Å²) in [4.78, 5) is 15.1. The minimum Gasteiger partial charge on any atom is -0.336 e. The van der Waals surface area contributed by atoms with Crippen LogP contribution < -0.4 is 0 Å². The highest BCUT2D eigenvalue weighted by Gasteiger charge is 2.40. The van der Waals surface area contributed by atoms with Crippen molar-refractivity contribution in [3.63, 3.8) is 0 Å². The average molecular weight is 405 g/mol. The van der Waals surface area contributed by atoms with Crippen LogP contribution in [-0.4, -0.2) is 38.6 Å². The number of hydrogen-bond acceptors (Lipinski definition) is 4. The van der Waals surface area contributed by atoms with Crippen molar-refractivity contribution < 1.29 is 21.8 Å². The molecule has 0 aromatic heterocycles. The quantitative estimate of drug-likeness (QED) is 0.690. The summed E-state index contributed by atoms with van der Waals surface area (Å²) in [7, 11) is -3.68. The molecule has 1 aliphatic heterocycles. The number of carbonyl (C=O) groups excluding carboxylic acids is 1. The zero-order valence-electron chi connectivity index (χ0n) is 15.9. The van der Waals surface area contributed by atoms with Crippen LogP contribution in [-0.2, 0) is 19.1 Å². The summed E-state index contributed by atoms with van der Waals surface area (Å²) in [5.41, 5.74) is 1.82. The first-order chi connectivity index (χ1) is 13.3. The van der Waals surface area contributed by atoms with Gasteiger partial charge in [0.05, 0.1) is 24.8 Å². The SMILES string of the molecule is C[C@@H](c1ccccc1)N1CC[C@@H](c2ccc(F)cc2)[C@H](COS(C)(=O)=O)C1=O. The maximum atomic E-state index is 13.3. The Kier molecular flexibility index (Phi) is 6.15. The zero-order chi connectivity index (χ0) is 20.3. The van der Waals surface area contributed by atoms with Crippen molar-refractivity contribution in [1.82, 2.24) is 4.90 Å². The van der Waals surface area contributed by atoms with Gasteiger partial charge in [-0.25, -0.2) is 4.39 Å². The summed E-state index contributed by atoms with van der Waals surface area (Å²) in [5, 5.41) is 0. The maximum Gasteiger partial charge on any atom is 0.264 e. The highest BCUT2D eigenvalue weighted by molar-refractivity contribution is 7.85. The number of rotatable bonds is 6. The topological polar surface area (TPSA) is 63.7 Å². The third-order valence-corrected chi connectivity index (χ3v) is 5.84. The van der Waals surface area contributed by atoms with Gasteiger partial charge in [-0.3, -0.25) is 8.98 Å². The summed E-state index contributed by atoms with van der Waals surface area (Å²) in [6.07, 6.45) is 1.61. The lowest BCUT2D eigenvalue weighted by Gasteiger charge is -2.41. The maximum absolute atomic E-state index is 13.3. The van der Waals surface area contributed by atoms with E-state index < -0.39 is 16.0 Å². The van der Waals surface area contributed by atoms with E-state index in [2.05, 4.69) is 0 Å². The van der Waals surface area contributed by atoms with Gasteiger partial charge in [0.15, 0.2) is 0 Å². The van der Waals surface area contributed by atoms with Gasteiger partial charge < -0.3 is 4.90 Å². The molecule has 0 radical (unpaired) electrons. The molecular formula is C21H24FNO4S. The largest absolute Gasteiger partial charge is 0.336 e. The second-order valence-corrected chi connectivity index (χ2v) is 8.80. The lowest BCUT2D eigenvalue weighted by atomic mass is 9.79. The first-order valence-corrected chi connectivity index (χ1v) is 11.0. The van der Waals surface area contributed by atoms with E-state index in [1.807, 2.05) is 37.3 Å². The fourth-order valence-electron chi connectivity index (χ4n) is 3.76. The van der Waals surface area contributed by atoms with Gasteiger partial charge in [-0.15, -0.1) is 0 Å². The monoisotopic (exact) mass is 405 g/mol. The van der Waals surface area contributed by atoms with Crippen LogP contribution in [0.15, 0.2) is 54.6 Å². The molecule has 0 aliphatic carbocycles. The Balaban J connectivity index is 1.87. The number of halogens is 1. The standard InChI is InChI=1S/C21H24FNO4S/c1-15(16-6-4-3-5-7-16)23-13-12-19(17-8-10-18(22)11-9-17)20(21(23)24)14-27-28(2,25)26/h3-11,15,19-20H,12-14H2,1-2H3/t15-,19-,20-/m0/s1. The van der Waals surface area contributed by atoms with Crippen LogP contribution in [0.5, 0.6) is 0 Å². The summed E-state index contributed by atoms with van der Waals surface area (Å²) in [6.45, 7) is 2.27. The van der Waals surface area contributed by atoms with Crippen molar-refractivity contribution in [1.29, 1.82) is 0 Å². The molecule has 2 aromatic rings. The van der Waals surface area contributed by atoms with Crippen LogP contribution in [0, 0.1) is 11.7 Å². The van der Waals surface area contributed by atoms with Gasteiger partial charge >= 0.3 is 0 Å². The van der Waals surface area contributed by atoms with Crippen LogP contribution in [0.3, 0.4) is 0 Å².